The highest BCUT2D eigenvalue weighted by Crippen LogP contribution is 2.05. The standard InChI is InChI=1S/C7H8ClN3O2/c1-13-4-6(12)11-7-9-3-2-5(8)10-7/h2-3H,4H2,1H3,(H,9,10,11,12). The number of carbonyl (C=O) groups is 1. The molecule has 1 amide bonds. The van der Waals surface area contributed by atoms with Gasteiger partial charge in [0.15, 0.2) is 0 Å². The Kier molecular flexibility index (Phi) is 3.60. The average molecular weight is 202 g/mol. The molecular formula is C7H8ClN3O2. The first-order valence-corrected chi connectivity index (χ1v) is 3.87. The fraction of sp³-hybridized carbons (Fsp3) is 0.286. The second-order valence-corrected chi connectivity index (χ2v) is 2.57. The molecule has 0 fully saturated rings. The van der Waals surface area contributed by atoms with E-state index in [1.807, 2.05) is 0 Å². The van der Waals surface area contributed by atoms with Gasteiger partial charge in [-0.1, -0.05) is 11.6 Å². The molecule has 0 aliphatic carbocycles. The van der Waals surface area contributed by atoms with Gasteiger partial charge in [0.05, 0.1) is 0 Å². The lowest BCUT2D eigenvalue weighted by Crippen LogP contribution is -2.18. The lowest BCUT2D eigenvalue weighted by molar-refractivity contribution is -0.119. The van der Waals surface area contributed by atoms with Gasteiger partial charge in [-0.05, 0) is 6.07 Å². The predicted octanol–water partition coefficient (Wildman–Crippen LogP) is 0.715. The van der Waals surface area contributed by atoms with Gasteiger partial charge in [-0.3, -0.25) is 10.1 Å². The largest absolute Gasteiger partial charge is 0.375 e. The summed E-state index contributed by atoms with van der Waals surface area (Å²) in [6, 6.07) is 1.52. The lowest BCUT2D eigenvalue weighted by Gasteiger charge is -2.01. The Hall–Kier alpha value is -1.20. The Bertz CT molecular complexity index is 306. The van der Waals surface area contributed by atoms with E-state index in [4.69, 9.17) is 11.6 Å². The number of nitrogens with one attached hydrogen (secondary N) is 1. The second kappa shape index (κ2) is 4.74. The van der Waals surface area contributed by atoms with Crippen LogP contribution in [0.15, 0.2) is 12.3 Å². The average Bonchev–Trinajstić information content (AvgIpc) is 2.04. The minimum Gasteiger partial charge on any atom is -0.375 e. The fourth-order valence-corrected chi connectivity index (χ4v) is 0.825. The van der Waals surface area contributed by atoms with Crippen LogP contribution >= 0.6 is 11.6 Å². The summed E-state index contributed by atoms with van der Waals surface area (Å²) in [5, 5.41) is 2.69. The van der Waals surface area contributed by atoms with Gasteiger partial charge in [0.25, 0.3) is 5.91 Å². The van der Waals surface area contributed by atoms with Crippen LogP contribution in [0.5, 0.6) is 0 Å². The van der Waals surface area contributed by atoms with Gasteiger partial charge in [0.2, 0.25) is 5.95 Å². The Morgan fingerprint density at radius 1 is 1.77 bits per heavy atom. The van der Waals surface area contributed by atoms with Crippen molar-refractivity contribution < 1.29 is 9.53 Å². The molecule has 0 aromatic carbocycles. The maximum atomic E-state index is 11.0. The summed E-state index contributed by atoms with van der Waals surface area (Å²) in [5.41, 5.74) is 0. The number of amides is 1. The highest BCUT2D eigenvalue weighted by atomic mass is 35.5. The van der Waals surface area contributed by atoms with E-state index in [-0.39, 0.29) is 23.6 Å². The van der Waals surface area contributed by atoms with Gasteiger partial charge in [0, 0.05) is 13.3 Å². The summed E-state index contributed by atoms with van der Waals surface area (Å²) in [6.07, 6.45) is 1.46. The normalized spacial score (nSPS) is 9.69. The Morgan fingerprint density at radius 3 is 3.15 bits per heavy atom. The Morgan fingerprint density at radius 2 is 2.54 bits per heavy atom. The third-order valence-corrected chi connectivity index (χ3v) is 1.36. The molecule has 0 aliphatic rings. The van der Waals surface area contributed by atoms with Crippen LogP contribution in [-0.4, -0.2) is 29.6 Å². The third-order valence-electron chi connectivity index (χ3n) is 1.15. The summed E-state index contributed by atoms with van der Waals surface area (Å²) in [4.78, 5) is 18.5. The zero-order valence-electron chi connectivity index (χ0n) is 6.95. The van der Waals surface area contributed by atoms with Crippen molar-refractivity contribution in [3.63, 3.8) is 0 Å². The number of anilines is 1. The summed E-state index contributed by atoms with van der Waals surface area (Å²) >= 11 is 5.57. The van der Waals surface area contributed by atoms with E-state index in [9.17, 15) is 4.79 Å². The number of methoxy groups -OCH3 is 1. The van der Waals surface area contributed by atoms with Gasteiger partial charge in [-0.25, -0.2) is 9.97 Å². The summed E-state index contributed by atoms with van der Waals surface area (Å²) in [6.45, 7) is -0.0319. The van der Waals surface area contributed by atoms with Gasteiger partial charge >= 0.3 is 0 Å². The highest BCUT2D eigenvalue weighted by Gasteiger charge is 2.03. The summed E-state index contributed by atoms with van der Waals surface area (Å²) in [7, 11) is 1.43. The van der Waals surface area contributed by atoms with Crippen molar-refractivity contribution in [2.24, 2.45) is 0 Å². The van der Waals surface area contributed by atoms with Crippen molar-refractivity contribution in [2.75, 3.05) is 19.0 Å². The first-order chi connectivity index (χ1) is 6.22. The molecule has 1 N–H and O–H groups in total. The van der Waals surface area contributed by atoms with E-state index < -0.39 is 0 Å². The van der Waals surface area contributed by atoms with E-state index in [1.165, 1.54) is 19.4 Å². The molecule has 70 valence electrons. The molecule has 13 heavy (non-hydrogen) atoms. The van der Waals surface area contributed by atoms with Crippen molar-refractivity contribution in [3.05, 3.63) is 17.4 Å². The third kappa shape index (κ3) is 3.35. The smallest absolute Gasteiger partial charge is 0.252 e. The molecule has 0 unspecified atom stereocenters. The maximum absolute atomic E-state index is 11.0. The highest BCUT2D eigenvalue weighted by molar-refractivity contribution is 6.29. The number of aromatic nitrogens is 2. The summed E-state index contributed by atoms with van der Waals surface area (Å²) in [5.74, 6) is -0.140. The number of hydrogen-bond acceptors (Lipinski definition) is 4. The number of nitrogens with zero attached hydrogens (tertiary/aromatic N) is 2. The first-order valence-electron chi connectivity index (χ1n) is 3.49. The molecule has 0 bridgehead atoms. The lowest BCUT2D eigenvalue weighted by atomic mass is 10.6. The molecule has 5 nitrogen and oxygen atoms in total. The molecule has 0 atom stereocenters. The van der Waals surface area contributed by atoms with E-state index in [1.54, 1.807) is 0 Å². The van der Waals surface area contributed by atoms with Crippen molar-refractivity contribution >= 4 is 23.5 Å². The molecule has 1 aromatic heterocycles. The number of ether oxygens (including phenoxy) is 1. The zero-order valence-corrected chi connectivity index (χ0v) is 7.71. The molecule has 1 heterocycles. The molecule has 1 rings (SSSR count). The van der Waals surface area contributed by atoms with Gasteiger partial charge in [-0.2, -0.15) is 0 Å². The molecule has 0 spiro atoms. The molecule has 0 radical (unpaired) electrons. The van der Waals surface area contributed by atoms with E-state index in [2.05, 4.69) is 20.0 Å². The van der Waals surface area contributed by atoms with Crippen LogP contribution in [0.4, 0.5) is 5.95 Å². The zero-order chi connectivity index (χ0) is 9.68. The molecule has 0 aliphatic heterocycles. The number of halogens is 1. The fourth-order valence-electron chi connectivity index (χ4n) is 0.689. The molecule has 6 heteroatoms. The van der Waals surface area contributed by atoms with Crippen molar-refractivity contribution in [1.29, 1.82) is 0 Å². The van der Waals surface area contributed by atoms with Gasteiger partial charge < -0.3 is 4.74 Å². The topological polar surface area (TPSA) is 64.1 Å². The minimum absolute atomic E-state index is 0.0319. The Labute approximate surface area is 80.1 Å². The molecular weight excluding hydrogens is 194 g/mol. The monoisotopic (exact) mass is 201 g/mol. The van der Waals surface area contributed by atoms with E-state index in [0.29, 0.717) is 0 Å². The van der Waals surface area contributed by atoms with Crippen LogP contribution in [0, 0.1) is 0 Å². The van der Waals surface area contributed by atoms with E-state index >= 15 is 0 Å². The van der Waals surface area contributed by atoms with Crippen molar-refractivity contribution in [2.45, 2.75) is 0 Å². The Balaban J connectivity index is 2.58. The van der Waals surface area contributed by atoms with Crippen LogP contribution in [0.25, 0.3) is 0 Å². The number of hydrogen-bond donors (Lipinski definition) is 1. The second-order valence-electron chi connectivity index (χ2n) is 2.18. The van der Waals surface area contributed by atoms with Crippen LogP contribution in [0.3, 0.4) is 0 Å². The summed E-state index contributed by atoms with van der Waals surface area (Å²) < 4.78 is 4.61. The van der Waals surface area contributed by atoms with Gasteiger partial charge in [-0.15, -0.1) is 0 Å². The number of rotatable bonds is 3. The maximum Gasteiger partial charge on any atom is 0.252 e. The predicted molar refractivity (Wildman–Crippen MR) is 47.5 cm³/mol. The van der Waals surface area contributed by atoms with Crippen molar-refractivity contribution in [3.8, 4) is 0 Å². The first kappa shape index (κ1) is 9.88. The number of carbonyl (C=O) groups excluding carboxylic acids is 1. The minimum atomic E-state index is -0.315. The van der Waals surface area contributed by atoms with Crippen LogP contribution in [0.2, 0.25) is 5.15 Å². The quantitative estimate of drug-likeness (QED) is 0.732. The molecule has 0 saturated heterocycles. The molecule has 1 aromatic rings. The molecule has 0 saturated carbocycles. The van der Waals surface area contributed by atoms with E-state index in [0.717, 1.165) is 0 Å². The van der Waals surface area contributed by atoms with Crippen molar-refractivity contribution in [1.82, 2.24) is 9.97 Å². The van der Waals surface area contributed by atoms with Crippen LogP contribution < -0.4 is 5.32 Å². The van der Waals surface area contributed by atoms with Crippen LogP contribution in [-0.2, 0) is 9.53 Å². The SMILES string of the molecule is COCC(=O)Nc1nccc(Cl)n1. The van der Waals surface area contributed by atoms with Crippen LogP contribution in [0.1, 0.15) is 0 Å². The van der Waals surface area contributed by atoms with Gasteiger partial charge in [0.1, 0.15) is 11.8 Å².